The Balaban J connectivity index is 1.58. The van der Waals surface area contributed by atoms with Crippen molar-refractivity contribution in [2.24, 2.45) is 0 Å². The van der Waals surface area contributed by atoms with Gasteiger partial charge in [0.1, 0.15) is 0 Å². The molecule has 0 aromatic heterocycles. The molecule has 17 heavy (non-hydrogen) atoms. The van der Waals surface area contributed by atoms with E-state index in [4.69, 9.17) is 0 Å². The van der Waals surface area contributed by atoms with E-state index in [2.05, 4.69) is 10.2 Å². The van der Waals surface area contributed by atoms with Crippen molar-refractivity contribution in [3.63, 3.8) is 0 Å². The highest BCUT2D eigenvalue weighted by Crippen LogP contribution is 2.09. The summed E-state index contributed by atoms with van der Waals surface area (Å²) in [6.45, 7) is 6.01. The third-order valence-electron chi connectivity index (χ3n) is 3.45. The number of hydrogen-bond donors (Lipinski definition) is 1. The molecule has 5 heteroatoms. The van der Waals surface area contributed by atoms with E-state index in [1.54, 1.807) is 0 Å². The molecule has 0 saturated carbocycles. The molecule has 0 aromatic rings. The van der Waals surface area contributed by atoms with E-state index in [-0.39, 0.29) is 6.03 Å². The quantitative estimate of drug-likeness (QED) is 0.826. The van der Waals surface area contributed by atoms with Crippen LogP contribution in [0.25, 0.3) is 0 Å². The molecule has 2 aliphatic rings. The van der Waals surface area contributed by atoms with Gasteiger partial charge in [-0.1, -0.05) is 0 Å². The van der Waals surface area contributed by atoms with E-state index < -0.39 is 0 Å². The fourth-order valence-corrected chi connectivity index (χ4v) is 3.33. The molecule has 0 unspecified atom stereocenters. The third-order valence-corrected chi connectivity index (χ3v) is 4.39. The first-order valence-electron chi connectivity index (χ1n) is 6.69. The van der Waals surface area contributed by atoms with Crippen LogP contribution in [0.15, 0.2) is 0 Å². The van der Waals surface area contributed by atoms with Crippen LogP contribution in [0, 0.1) is 0 Å². The van der Waals surface area contributed by atoms with Crippen LogP contribution in [0.2, 0.25) is 0 Å². The monoisotopic (exact) mass is 257 g/mol. The second-order valence-electron chi connectivity index (χ2n) is 4.73. The van der Waals surface area contributed by atoms with Gasteiger partial charge in [-0.05, 0) is 19.3 Å². The van der Waals surface area contributed by atoms with Crippen LogP contribution in [0.1, 0.15) is 19.3 Å². The first-order valence-corrected chi connectivity index (χ1v) is 7.84. The van der Waals surface area contributed by atoms with Crippen molar-refractivity contribution >= 4 is 17.8 Å². The fraction of sp³-hybridized carbons (Fsp3) is 0.917. The molecule has 4 nitrogen and oxygen atoms in total. The molecule has 0 radical (unpaired) electrons. The Morgan fingerprint density at radius 2 is 1.76 bits per heavy atom. The first-order chi connectivity index (χ1) is 8.36. The molecule has 0 aromatic carbocycles. The zero-order valence-electron chi connectivity index (χ0n) is 10.5. The number of piperidine rings is 1. The number of urea groups is 1. The number of thioether (sulfide) groups is 1. The highest BCUT2D eigenvalue weighted by Gasteiger charge is 2.16. The van der Waals surface area contributed by atoms with Gasteiger partial charge in [0.2, 0.25) is 0 Å². The summed E-state index contributed by atoms with van der Waals surface area (Å²) in [5.74, 6) is 2.47. The zero-order valence-corrected chi connectivity index (χ0v) is 11.3. The van der Waals surface area contributed by atoms with Crippen molar-refractivity contribution in [1.29, 1.82) is 0 Å². The lowest BCUT2D eigenvalue weighted by molar-refractivity contribution is 0.184. The van der Waals surface area contributed by atoms with Crippen LogP contribution in [0.5, 0.6) is 0 Å². The molecule has 0 bridgehead atoms. The number of nitrogens with one attached hydrogen (secondary N) is 1. The molecular formula is C12H23N3OS. The van der Waals surface area contributed by atoms with Crippen molar-refractivity contribution in [3.05, 3.63) is 0 Å². The molecule has 1 N–H and O–H groups in total. The predicted molar refractivity (Wildman–Crippen MR) is 72.6 cm³/mol. The van der Waals surface area contributed by atoms with E-state index in [0.29, 0.717) is 0 Å². The summed E-state index contributed by atoms with van der Waals surface area (Å²) in [4.78, 5) is 16.2. The smallest absolute Gasteiger partial charge is 0.317 e. The van der Waals surface area contributed by atoms with E-state index in [1.807, 2.05) is 16.7 Å². The van der Waals surface area contributed by atoms with Gasteiger partial charge in [0, 0.05) is 50.8 Å². The van der Waals surface area contributed by atoms with Gasteiger partial charge in [-0.2, -0.15) is 11.8 Å². The lowest BCUT2D eigenvalue weighted by Gasteiger charge is -2.29. The average molecular weight is 257 g/mol. The summed E-state index contributed by atoms with van der Waals surface area (Å²) in [6.07, 6.45) is 3.60. The minimum atomic E-state index is 0.135. The van der Waals surface area contributed by atoms with Crippen LogP contribution < -0.4 is 5.32 Å². The Morgan fingerprint density at radius 1 is 1.06 bits per heavy atom. The fourth-order valence-electron chi connectivity index (χ4n) is 2.35. The summed E-state index contributed by atoms with van der Waals surface area (Å²) in [7, 11) is 0. The lowest BCUT2D eigenvalue weighted by Crippen LogP contribution is -2.46. The van der Waals surface area contributed by atoms with Gasteiger partial charge in [-0.15, -0.1) is 0 Å². The number of carbonyl (C=O) groups is 1. The Kier molecular flexibility index (Phi) is 5.45. The molecule has 2 saturated heterocycles. The molecule has 2 rings (SSSR count). The number of nitrogens with zero attached hydrogens (tertiary/aromatic N) is 2. The van der Waals surface area contributed by atoms with E-state index >= 15 is 0 Å². The predicted octanol–water partition coefficient (Wildman–Crippen LogP) is 1.23. The van der Waals surface area contributed by atoms with E-state index in [0.717, 1.165) is 39.0 Å². The second kappa shape index (κ2) is 7.11. The number of amides is 2. The summed E-state index contributed by atoms with van der Waals surface area (Å²) in [5.41, 5.74) is 0. The summed E-state index contributed by atoms with van der Waals surface area (Å²) >= 11 is 2.02. The average Bonchev–Trinajstić information content (AvgIpc) is 2.41. The standard InChI is InChI=1S/C12H23N3OS/c16-12(15-5-2-1-3-6-15)13-4-7-14-8-10-17-11-9-14/h1-11H2,(H,13,16). The van der Waals surface area contributed by atoms with Gasteiger partial charge >= 0.3 is 6.03 Å². The highest BCUT2D eigenvalue weighted by atomic mass is 32.2. The van der Waals surface area contributed by atoms with Crippen molar-refractivity contribution in [1.82, 2.24) is 15.1 Å². The van der Waals surface area contributed by atoms with Crippen LogP contribution in [-0.4, -0.2) is 66.6 Å². The van der Waals surface area contributed by atoms with Gasteiger partial charge in [0.25, 0.3) is 0 Å². The zero-order chi connectivity index (χ0) is 11.9. The molecule has 2 amide bonds. The van der Waals surface area contributed by atoms with Gasteiger partial charge < -0.3 is 10.2 Å². The maximum atomic E-state index is 11.8. The normalized spacial score (nSPS) is 22.5. The maximum absolute atomic E-state index is 11.8. The number of rotatable bonds is 3. The van der Waals surface area contributed by atoms with Crippen molar-refractivity contribution in [3.8, 4) is 0 Å². The number of likely N-dealkylation sites (tertiary alicyclic amines) is 1. The molecule has 0 aliphatic carbocycles. The Hall–Kier alpha value is -0.420. The molecule has 98 valence electrons. The van der Waals surface area contributed by atoms with Crippen LogP contribution >= 0.6 is 11.8 Å². The number of carbonyl (C=O) groups excluding carboxylic acids is 1. The Labute approximate surface area is 108 Å². The molecule has 2 aliphatic heterocycles. The third kappa shape index (κ3) is 4.39. The summed E-state index contributed by atoms with van der Waals surface area (Å²) in [6, 6.07) is 0.135. The van der Waals surface area contributed by atoms with E-state index in [9.17, 15) is 4.79 Å². The van der Waals surface area contributed by atoms with Crippen molar-refractivity contribution < 1.29 is 4.79 Å². The van der Waals surface area contributed by atoms with Crippen LogP contribution in [-0.2, 0) is 0 Å². The SMILES string of the molecule is O=C(NCCN1CCSCC1)N1CCCCC1. The van der Waals surface area contributed by atoms with Crippen molar-refractivity contribution in [2.45, 2.75) is 19.3 Å². The minimum absolute atomic E-state index is 0.135. The topological polar surface area (TPSA) is 35.6 Å². The Bertz CT molecular complexity index is 238. The maximum Gasteiger partial charge on any atom is 0.317 e. The van der Waals surface area contributed by atoms with Gasteiger partial charge in [0.05, 0.1) is 0 Å². The molecule has 0 atom stereocenters. The van der Waals surface area contributed by atoms with Crippen LogP contribution in [0.4, 0.5) is 4.79 Å². The van der Waals surface area contributed by atoms with Gasteiger partial charge in [-0.25, -0.2) is 4.79 Å². The number of hydrogen-bond acceptors (Lipinski definition) is 3. The summed E-state index contributed by atoms with van der Waals surface area (Å²) < 4.78 is 0. The minimum Gasteiger partial charge on any atom is -0.337 e. The molecule has 2 fully saturated rings. The largest absolute Gasteiger partial charge is 0.337 e. The lowest BCUT2D eigenvalue weighted by atomic mass is 10.1. The first kappa shape index (κ1) is 13.0. The molecule has 2 heterocycles. The van der Waals surface area contributed by atoms with Crippen molar-refractivity contribution in [2.75, 3.05) is 50.8 Å². The van der Waals surface area contributed by atoms with Gasteiger partial charge in [0.15, 0.2) is 0 Å². The van der Waals surface area contributed by atoms with E-state index in [1.165, 1.54) is 31.0 Å². The summed E-state index contributed by atoms with van der Waals surface area (Å²) in [5, 5.41) is 3.04. The second-order valence-corrected chi connectivity index (χ2v) is 5.96. The van der Waals surface area contributed by atoms with Crippen LogP contribution in [0.3, 0.4) is 0 Å². The Morgan fingerprint density at radius 3 is 2.47 bits per heavy atom. The highest BCUT2D eigenvalue weighted by molar-refractivity contribution is 7.99. The van der Waals surface area contributed by atoms with Gasteiger partial charge in [-0.3, -0.25) is 4.90 Å². The molecular weight excluding hydrogens is 234 g/mol. The molecule has 0 spiro atoms.